The molecular formula is C9H20N2OS2. The number of unbranched alkanes of at least 4 members (excludes halogenated alkanes) is 1. The van der Waals surface area contributed by atoms with E-state index < -0.39 is 0 Å². The van der Waals surface area contributed by atoms with Crippen LogP contribution in [0.2, 0.25) is 0 Å². The van der Waals surface area contributed by atoms with Crippen LogP contribution >= 0.6 is 21.6 Å². The summed E-state index contributed by atoms with van der Waals surface area (Å²) in [4.78, 5) is 11.2. The summed E-state index contributed by atoms with van der Waals surface area (Å²) in [5, 5.41) is 2.89. The Labute approximate surface area is 94.4 Å². The first-order valence-electron chi connectivity index (χ1n) is 5.02. The quantitative estimate of drug-likeness (QED) is 0.472. The number of hydrogen-bond donors (Lipinski definition) is 2. The van der Waals surface area contributed by atoms with Crippen molar-refractivity contribution in [3.8, 4) is 0 Å². The molecule has 84 valence electrons. The third kappa shape index (κ3) is 10.2. The van der Waals surface area contributed by atoms with E-state index in [1.807, 2.05) is 0 Å². The maximum atomic E-state index is 11.2. The van der Waals surface area contributed by atoms with Crippen LogP contribution in [0.25, 0.3) is 0 Å². The Morgan fingerprint density at radius 2 is 2.07 bits per heavy atom. The number of amides is 1. The van der Waals surface area contributed by atoms with Gasteiger partial charge in [-0.25, -0.2) is 0 Å². The minimum atomic E-state index is 0.166. The second-order valence-electron chi connectivity index (χ2n) is 2.89. The van der Waals surface area contributed by atoms with Crippen molar-refractivity contribution in [3.63, 3.8) is 0 Å². The predicted octanol–water partition coefficient (Wildman–Crippen LogP) is 1.63. The molecular weight excluding hydrogens is 216 g/mol. The zero-order valence-electron chi connectivity index (χ0n) is 8.75. The minimum absolute atomic E-state index is 0.166. The van der Waals surface area contributed by atoms with Crippen molar-refractivity contribution in [3.05, 3.63) is 0 Å². The maximum absolute atomic E-state index is 11.2. The van der Waals surface area contributed by atoms with Crippen LogP contribution in [-0.4, -0.2) is 30.5 Å². The molecule has 0 heterocycles. The lowest BCUT2D eigenvalue weighted by Crippen LogP contribution is -2.24. The van der Waals surface area contributed by atoms with Gasteiger partial charge in [0.1, 0.15) is 0 Å². The molecule has 3 N–H and O–H groups in total. The van der Waals surface area contributed by atoms with Crippen molar-refractivity contribution in [2.75, 3.05) is 24.6 Å². The van der Waals surface area contributed by atoms with Crippen molar-refractivity contribution in [2.45, 2.75) is 26.2 Å². The van der Waals surface area contributed by atoms with E-state index in [1.54, 1.807) is 21.6 Å². The number of carbonyl (C=O) groups is 1. The Morgan fingerprint density at radius 3 is 2.71 bits per heavy atom. The van der Waals surface area contributed by atoms with Crippen LogP contribution in [0, 0.1) is 0 Å². The van der Waals surface area contributed by atoms with Gasteiger partial charge in [-0.3, -0.25) is 4.79 Å². The molecule has 0 atom stereocenters. The van der Waals surface area contributed by atoms with Crippen LogP contribution in [0.4, 0.5) is 0 Å². The third-order valence-electron chi connectivity index (χ3n) is 1.55. The molecule has 0 aromatic heterocycles. The van der Waals surface area contributed by atoms with Gasteiger partial charge in [0.05, 0.1) is 0 Å². The molecule has 0 unspecified atom stereocenters. The van der Waals surface area contributed by atoms with Crippen LogP contribution in [0.15, 0.2) is 0 Å². The van der Waals surface area contributed by atoms with Crippen molar-refractivity contribution in [1.29, 1.82) is 0 Å². The molecule has 0 aliphatic heterocycles. The molecule has 0 saturated carbocycles. The first-order chi connectivity index (χ1) is 6.81. The van der Waals surface area contributed by atoms with Crippen LogP contribution in [0.1, 0.15) is 26.2 Å². The van der Waals surface area contributed by atoms with Gasteiger partial charge in [-0.2, -0.15) is 0 Å². The van der Waals surface area contributed by atoms with Gasteiger partial charge >= 0.3 is 0 Å². The fraction of sp³-hybridized carbons (Fsp3) is 0.889. The Bertz CT molecular complexity index is 145. The van der Waals surface area contributed by atoms with E-state index in [1.165, 1.54) is 0 Å². The van der Waals surface area contributed by atoms with E-state index in [2.05, 4.69) is 12.2 Å². The molecule has 5 heteroatoms. The number of rotatable bonds is 9. The fourth-order valence-electron chi connectivity index (χ4n) is 0.793. The van der Waals surface area contributed by atoms with E-state index in [0.717, 1.165) is 30.9 Å². The Balaban J connectivity index is 3.10. The Morgan fingerprint density at radius 1 is 1.36 bits per heavy atom. The highest BCUT2D eigenvalue weighted by atomic mass is 33.1. The summed E-state index contributed by atoms with van der Waals surface area (Å²) in [5.74, 6) is 2.00. The van der Waals surface area contributed by atoms with Crippen molar-refractivity contribution in [1.82, 2.24) is 5.32 Å². The molecule has 0 rings (SSSR count). The van der Waals surface area contributed by atoms with E-state index >= 15 is 0 Å². The van der Waals surface area contributed by atoms with E-state index in [9.17, 15) is 4.79 Å². The van der Waals surface area contributed by atoms with Crippen LogP contribution < -0.4 is 11.1 Å². The van der Waals surface area contributed by atoms with Crippen LogP contribution in [-0.2, 0) is 4.79 Å². The topological polar surface area (TPSA) is 55.1 Å². The summed E-state index contributed by atoms with van der Waals surface area (Å²) in [6.07, 6.45) is 2.81. The number of carbonyl (C=O) groups excluding carboxylic acids is 1. The van der Waals surface area contributed by atoms with Gasteiger partial charge in [-0.1, -0.05) is 34.9 Å². The first kappa shape index (κ1) is 14.1. The summed E-state index contributed by atoms with van der Waals surface area (Å²) in [7, 11) is 3.46. The lowest BCUT2D eigenvalue weighted by atomic mass is 10.3. The smallest absolute Gasteiger partial charge is 0.220 e. The van der Waals surface area contributed by atoms with Gasteiger partial charge in [-0.15, -0.1) is 0 Å². The highest BCUT2D eigenvalue weighted by molar-refractivity contribution is 8.76. The normalized spacial score (nSPS) is 10.1. The molecule has 3 nitrogen and oxygen atoms in total. The molecule has 0 radical (unpaired) electrons. The summed E-state index contributed by atoms with van der Waals surface area (Å²) in [5.41, 5.74) is 5.34. The second kappa shape index (κ2) is 11.2. The van der Waals surface area contributed by atoms with Gasteiger partial charge < -0.3 is 11.1 Å². The van der Waals surface area contributed by atoms with Gasteiger partial charge in [-0.05, 0) is 6.42 Å². The largest absolute Gasteiger partial charge is 0.356 e. The van der Waals surface area contributed by atoms with Gasteiger partial charge in [0.25, 0.3) is 0 Å². The molecule has 0 bridgehead atoms. The number of nitrogens with one attached hydrogen (secondary N) is 1. The third-order valence-corrected chi connectivity index (χ3v) is 3.99. The maximum Gasteiger partial charge on any atom is 0.220 e. The van der Waals surface area contributed by atoms with Crippen molar-refractivity contribution >= 4 is 27.5 Å². The lowest BCUT2D eigenvalue weighted by molar-refractivity contribution is -0.120. The van der Waals surface area contributed by atoms with E-state index in [-0.39, 0.29) is 5.91 Å². The van der Waals surface area contributed by atoms with E-state index in [0.29, 0.717) is 13.0 Å². The molecule has 0 aromatic rings. The standard InChI is InChI=1S/C9H20N2OS2/c1-2-3-6-11-9(12)4-7-13-14-8-5-10/h2-8,10H2,1H3,(H,11,12). The summed E-state index contributed by atoms with van der Waals surface area (Å²) in [6, 6.07) is 0. The molecule has 0 fully saturated rings. The molecule has 1 amide bonds. The zero-order valence-corrected chi connectivity index (χ0v) is 10.4. The SMILES string of the molecule is CCCCNC(=O)CCSSCCN. The van der Waals surface area contributed by atoms with Gasteiger partial charge in [0, 0.05) is 31.0 Å². The number of hydrogen-bond acceptors (Lipinski definition) is 4. The first-order valence-corrected chi connectivity index (χ1v) is 7.51. The van der Waals surface area contributed by atoms with Gasteiger partial charge in [0.2, 0.25) is 5.91 Å². The summed E-state index contributed by atoms with van der Waals surface area (Å²) >= 11 is 0. The Kier molecular flexibility index (Phi) is 11.3. The molecule has 0 aromatic carbocycles. The number of nitrogens with two attached hydrogens (primary N) is 1. The van der Waals surface area contributed by atoms with E-state index in [4.69, 9.17) is 5.73 Å². The monoisotopic (exact) mass is 236 g/mol. The van der Waals surface area contributed by atoms with Crippen molar-refractivity contribution < 1.29 is 4.79 Å². The Hall–Kier alpha value is 0.130. The second-order valence-corrected chi connectivity index (χ2v) is 5.59. The van der Waals surface area contributed by atoms with Crippen LogP contribution in [0.5, 0.6) is 0 Å². The fourth-order valence-corrected chi connectivity index (χ4v) is 2.64. The molecule has 0 saturated heterocycles. The lowest BCUT2D eigenvalue weighted by Gasteiger charge is -2.03. The molecule has 0 aliphatic carbocycles. The molecule has 14 heavy (non-hydrogen) atoms. The van der Waals surface area contributed by atoms with Crippen LogP contribution in [0.3, 0.4) is 0 Å². The van der Waals surface area contributed by atoms with Crippen molar-refractivity contribution in [2.24, 2.45) is 5.73 Å². The molecule has 0 spiro atoms. The predicted molar refractivity (Wildman–Crippen MR) is 66.5 cm³/mol. The summed E-state index contributed by atoms with van der Waals surface area (Å²) in [6.45, 7) is 3.64. The highest BCUT2D eigenvalue weighted by Gasteiger charge is 1.99. The van der Waals surface area contributed by atoms with Gasteiger partial charge in [0.15, 0.2) is 0 Å². The highest BCUT2D eigenvalue weighted by Crippen LogP contribution is 2.20. The summed E-state index contributed by atoms with van der Waals surface area (Å²) < 4.78 is 0. The zero-order chi connectivity index (χ0) is 10.6. The minimum Gasteiger partial charge on any atom is -0.356 e. The molecule has 0 aliphatic rings. The average Bonchev–Trinajstić information content (AvgIpc) is 2.18. The average molecular weight is 236 g/mol.